The van der Waals surface area contributed by atoms with Gasteiger partial charge in [-0.1, -0.05) is 11.2 Å². The molecule has 1 saturated heterocycles. The van der Waals surface area contributed by atoms with E-state index in [0.717, 1.165) is 25.7 Å². The second kappa shape index (κ2) is 12.3. The summed E-state index contributed by atoms with van der Waals surface area (Å²) in [5.74, 6) is 0.243. The summed E-state index contributed by atoms with van der Waals surface area (Å²) in [7, 11) is 1.83. The first-order valence-electron chi connectivity index (χ1n) is 13.7. The highest BCUT2D eigenvalue weighted by Gasteiger charge is 2.38. The standard InChI is InChI=1S/C29H34N6O5/c1-33-21-29(9-15-35(16-10-29)27(37)24-7-18-40-32-24)8-3-13-34(28(38)25-20-30-11-12-31-25)14-4-17-39-23-6-2-5-22(19-23)26(33)36/h2,5-7,11-12,18-20H,3-4,8-10,13-17,21H2,1H3. The molecule has 1 fully saturated rings. The lowest BCUT2D eigenvalue weighted by Crippen LogP contribution is -2.48. The van der Waals surface area contributed by atoms with Crippen molar-refractivity contribution in [2.24, 2.45) is 5.41 Å². The molecule has 2 aromatic heterocycles. The quantitative estimate of drug-likeness (QED) is 0.481. The Morgan fingerprint density at radius 3 is 2.45 bits per heavy atom. The molecule has 2 aliphatic rings. The summed E-state index contributed by atoms with van der Waals surface area (Å²) in [5, 5.41) is 3.80. The predicted molar refractivity (Wildman–Crippen MR) is 145 cm³/mol. The van der Waals surface area contributed by atoms with E-state index < -0.39 is 0 Å². The van der Waals surface area contributed by atoms with E-state index in [0.29, 0.717) is 68.5 Å². The zero-order valence-electron chi connectivity index (χ0n) is 22.7. The summed E-state index contributed by atoms with van der Waals surface area (Å²) in [5.41, 5.74) is 0.975. The maximum absolute atomic E-state index is 13.4. The highest BCUT2D eigenvalue weighted by Crippen LogP contribution is 2.38. The average Bonchev–Trinajstić information content (AvgIpc) is 3.53. The molecular formula is C29H34N6O5. The van der Waals surface area contributed by atoms with Crippen molar-refractivity contribution in [2.75, 3.05) is 46.4 Å². The summed E-state index contributed by atoms with van der Waals surface area (Å²) in [6.45, 7) is 3.13. The van der Waals surface area contributed by atoms with Crippen LogP contribution in [0.4, 0.5) is 0 Å². The number of carbonyl (C=O) groups excluding carboxylic acids is 3. The van der Waals surface area contributed by atoms with Crippen LogP contribution in [0.3, 0.4) is 0 Å². The van der Waals surface area contributed by atoms with Gasteiger partial charge >= 0.3 is 0 Å². The number of fused-ring (bicyclic) bond motifs is 2. The van der Waals surface area contributed by atoms with E-state index >= 15 is 0 Å². The first kappa shape index (κ1) is 27.3. The van der Waals surface area contributed by atoms with Crippen molar-refractivity contribution in [3.05, 3.63) is 72.1 Å². The molecule has 11 heteroatoms. The second-order valence-corrected chi connectivity index (χ2v) is 10.6. The largest absolute Gasteiger partial charge is 0.494 e. The van der Waals surface area contributed by atoms with E-state index in [1.165, 1.54) is 18.7 Å². The third-order valence-corrected chi connectivity index (χ3v) is 7.81. The van der Waals surface area contributed by atoms with Crippen LogP contribution >= 0.6 is 0 Å². The molecule has 5 rings (SSSR count). The van der Waals surface area contributed by atoms with E-state index in [1.54, 1.807) is 34.2 Å². The lowest BCUT2D eigenvalue weighted by atomic mass is 9.74. The van der Waals surface area contributed by atoms with E-state index in [4.69, 9.17) is 9.26 Å². The summed E-state index contributed by atoms with van der Waals surface area (Å²) in [4.78, 5) is 53.3. The SMILES string of the molecule is CN1CC2(CCCN(C(=O)c3cnccn3)CCCOc3cccc(c3)C1=O)CCN(C(=O)c1ccon1)CC2. The van der Waals surface area contributed by atoms with Crippen LogP contribution in [0.25, 0.3) is 0 Å². The van der Waals surface area contributed by atoms with Gasteiger partial charge in [-0.3, -0.25) is 19.4 Å². The molecule has 1 spiro atoms. The third kappa shape index (κ3) is 6.30. The number of aromatic nitrogens is 3. The van der Waals surface area contributed by atoms with Crippen LogP contribution in [0.1, 0.15) is 63.4 Å². The molecule has 40 heavy (non-hydrogen) atoms. The molecule has 4 heterocycles. The van der Waals surface area contributed by atoms with Crippen LogP contribution in [0, 0.1) is 5.41 Å². The van der Waals surface area contributed by atoms with Crippen LogP contribution in [0.5, 0.6) is 5.75 Å². The van der Waals surface area contributed by atoms with Gasteiger partial charge in [-0.25, -0.2) is 4.98 Å². The number of piperidine rings is 1. The van der Waals surface area contributed by atoms with Crippen molar-refractivity contribution in [1.82, 2.24) is 29.8 Å². The average molecular weight is 547 g/mol. The van der Waals surface area contributed by atoms with Crippen LogP contribution in [-0.4, -0.2) is 93.9 Å². The Morgan fingerprint density at radius 2 is 1.70 bits per heavy atom. The first-order chi connectivity index (χ1) is 19.4. The number of hydrogen-bond donors (Lipinski definition) is 0. The van der Waals surface area contributed by atoms with Crippen molar-refractivity contribution in [2.45, 2.75) is 32.1 Å². The fourth-order valence-corrected chi connectivity index (χ4v) is 5.65. The molecule has 0 radical (unpaired) electrons. The zero-order valence-corrected chi connectivity index (χ0v) is 22.7. The smallest absolute Gasteiger partial charge is 0.276 e. The van der Waals surface area contributed by atoms with Gasteiger partial charge in [-0.2, -0.15) is 0 Å². The predicted octanol–water partition coefficient (Wildman–Crippen LogP) is 3.16. The minimum absolute atomic E-state index is 0.0692. The van der Waals surface area contributed by atoms with Gasteiger partial charge < -0.3 is 24.0 Å². The van der Waals surface area contributed by atoms with Crippen LogP contribution in [-0.2, 0) is 0 Å². The maximum atomic E-state index is 13.4. The molecule has 11 nitrogen and oxygen atoms in total. The van der Waals surface area contributed by atoms with Crippen molar-refractivity contribution in [3.8, 4) is 5.75 Å². The van der Waals surface area contributed by atoms with E-state index in [9.17, 15) is 14.4 Å². The van der Waals surface area contributed by atoms with Crippen molar-refractivity contribution >= 4 is 17.7 Å². The van der Waals surface area contributed by atoms with E-state index in [2.05, 4.69) is 15.1 Å². The highest BCUT2D eigenvalue weighted by molar-refractivity contribution is 5.94. The number of likely N-dealkylation sites (tertiary alicyclic amines) is 1. The van der Waals surface area contributed by atoms with Gasteiger partial charge in [0.2, 0.25) is 0 Å². The lowest BCUT2D eigenvalue weighted by Gasteiger charge is -2.44. The molecule has 2 bridgehead atoms. The van der Waals surface area contributed by atoms with Crippen LogP contribution < -0.4 is 4.74 Å². The minimum Gasteiger partial charge on any atom is -0.494 e. The van der Waals surface area contributed by atoms with Gasteiger partial charge in [-0.15, -0.1) is 0 Å². The number of ether oxygens (including phenoxy) is 1. The van der Waals surface area contributed by atoms with Crippen molar-refractivity contribution in [1.29, 1.82) is 0 Å². The lowest BCUT2D eigenvalue weighted by molar-refractivity contribution is 0.0379. The Morgan fingerprint density at radius 1 is 0.925 bits per heavy atom. The Hall–Kier alpha value is -4.28. The monoisotopic (exact) mass is 546 g/mol. The van der Waals surface area contributed by atoms with Crippen LogP contribution in [0.2, 0.25) is 0 Å². The van der Waals surface area contributed by atoms with Crippen LogP contribution in [0.15, 0.2) is 59.7 Å². The number of amides is 3. The molecule has 0 aliphatic carbocycles. The molecule has 0 saturated carbocycles. The van der Waals surface area contributed by atoms with Crippen molar-refractivity contribution in [3.63, 3.8) is 0 Å². The van der Waals surface area contributed by atoms with Crippen molar-refractivity contribution < 1.29 is 23.6 Å². The Balaban J connectivity index is 1.36. The van der Waals surface area contributed by atoms with Gasteiger partial charge in [-0.05, 0) is 55.7 Å². The number of benzene rings is 1. The van der Waals surface area contributed by atoms with Gasteiger partial charge in [0.15, 0.2) is 5.69 Å². The highest BCUT2D eigenvalue weighted by atomic mass is 16.5. The summed E-state index contributed by atoms with van der Waals surface area (Å²) in [6.07, 6.45) is 9.60. The normalized spacial score (nSPS) is 18.5. The molecular weight excluding hydrogens is 512 g/mol. The maximum Gasteiger partial charge on any atom is 0.276 e. The van der Waals surface area contributed by atoms with Gasteiger partial charge in [0.25, 0.3) is 17.7 Å². The molecule has 210 valence electrons. The minimum atomic E-state index is -0.208. The van der Waals surface area contributed by atoms with Gasteiger partial charge in [0.1, 0.15) is 17.7 Å². The number of rotatable bonds is 2. The van der Waals surface area contributed by atoms with E-state index in [1.807, 2.05) is 24.1 Å². The molecule has 3 amide bonds. The number of hydrogen-bond acceptors (Lipinski definition) is 8. The zero-order chi connectivity index (χ0) is 28.0. The molecule has 0 atom stereocenters. The molecule has 3 aromatic rings. The summed E-state index contributed by atoms with van der Waals surface area (Å²) < 4.78 is 10.8. The molecule has 1 aromatic carbocycles. The topological polar surface area (TPSA) is 122 Å². The fraction of sp³-hybridized carbons (Fsp3) is 0.448. The number of nitrogens with zero attached hydrogens (tertiary/aromatic N) is 6. The first-order valence-corrected chi connectivity index (χ1v) is 13.7. The summed E-state index contributed by atoms with van der Waals surface area (Å²) >= 11 is 0. The molecule has 0 unspecified atom stereocenters. The summed E-state index contributed by atoms with van der Waals surface area (Å²) in [6, 6.07) is 8.80. The Labute approximate surface area is 233 Å². The third-order valence-electron chi connectivity index (χ3n) is 7.81. The number of carbonyl (C=O) groups is 3. The van der Waals surface area contributed by atoms with E-state index in [-0.39, 0.29) is 23.1 Å². The fourth-order valence-electron chi connectivity index (χ4n) is 5.65. The molecule has 0 N–H and O–H groups in total. The van der Waals surface area contributed by atoms with Gasteiger partial charge in [0.05, 0.1) is 12.8 Å². The van der Waals surface area contributed by atoms with Gasteiger partial charge in [0, 0.05) is 63.8 Å². The second-order valence-electron chi connectivity index (χ2n) is 10.6. The Kier molecular flexibility index (Phi) is 8.37. The molecule has 2 aliphatic heterocycles. The Bertz CT molecular complexity index is 1310.